The van der Waals surface area contributed by atoms with E-state index in [2.05, 4.69) is 33.8 Å². The Morgan fingerprint density at radius 3 is 2.24 bits per heavy atom. The van der Waals surface area contributed by atoms with Crippen LogP contribution in [0.5, 0.6) is 5.88 Å². The van der Waals surface area contributed by atoms with Crippen molar-refractivity contribution in [1.29, 1.82) is 0 Å². The van der Waals surface area contributed by atoms with E-state index in [-0.39, 0.29) is 55.6 Å². The van der Waals surface area contributed by atoms with E-state index in [0.717, 1.165) is 4.57 Å². The fraction of sp³-hybridized carbons (Fsp3) is 0.657. The number of hydrogen-bond donors (Lipinski definition) is 5. The highest BCUT2D eigenvalue weighted by Crippen LogP contribution is 2.65. The van der Waals surface area contributed by atoms with Crippen molar-refractivity contribution in [2.24, 2.45) is 35.1 Å². The van der Waals surface area contributed by atoms with Crippen molar-refractivity contribution in [3.8, 4) is 18.2 Å². The molecule has 0 radical (unpaired) electrons. The fourth-order valence-corrected chi connectivity index (χ4v) is 6.60. The average Bonchev–Trinajstić information content (AvgIpc) is 3.25. The van der Waals surface area contributed by atoms with Crippen molar-refractivity contribution >= 4 is 29.5 Å². The monoisotopic (exact) mass is 683 g/mol. The summed E-state index contributed by atoms with van der Waals surface area (Å²) in [4.78, 5) is 81.4. The van der Waals surface area contributed by atoms with Gasteiger partial charge in [0.1, 0.15) is 12.1 Å². The quantitative estimate of drug-likeness (QED) is 0.118. The molecule has 3 rings (SSSR count). The molecule has 14 nitrogen and oxygen atoms in total. The van der Waals surface area contributed by atoms with E-state index >= 15 is 0 Å². The summed E-state index contributed by atoms with van der Waals surface area (Å²) < 4.78 is 2.40. The number of piperidine rings is 1. The van der Waals surface area contributed by atoms with Gasteiger partial charge in [-0.1, -0.05) is 61.5 Å². The van der Waals surface area contributed by atoms with Gasteiger partial charge >= 0.3 is 11.7 Å². The summed E-state index contributed by atoms with van der Waals surface area (Å²) in [7, 11) is 1.51. The molecule has 2 aliphatic rings. The molecule has 0 spiro atoms. The van der Waals surface area contributed by atoms with Crippen molar-refractivity contribution < 1.29 is 29.1 Å². The number of aromatic hydroxyl groups is 1. The van der Waals surface area contributed by atoms with E-state index in [1.165, 1.54) is 28.8 Å². The summed E-state index contributed by atoms with van der Waals surface area (Å²) in [6.45, 7) is 18.9. The summed E-state index contributed by atoms with van der Waals surface area (Å²) in [6.07, 6.45) is 8.31. The van der Waals surface area contributed by atoms with Crippen molar-refractivity contribution in [1.82, 2.24) is 35.3 Å². The molecule has 0 aromatic carbocycles. The number of imidazole rings is 1. The minimum atomic E-state index is -1.19. The van der Waals surface area contributed by atoms with Gasteiger partial charge in [-0.3, -0.25) is 28.3 Å². The SMILES string of the molecule is C#CCCC(NC(=O)[C@@H]1C2C(CN1C(=O)[C@@H](NC(=O)N[C@H](Cn1c(O)cn(C)c1=O)C(C)(C)C)C(C)(C)C)C2(C)C)C(=O)C(=O)NCC=C. The lowest BCUT2D eigenvalue weighted by atomic mass is 9.85. The molecule has 2 heterocycles. The first kappa shape index (κ1) is 38.9. The maximum atomic E-state index is 14.4. The van der Waals surface area contributed by atoms with Gasteiger partial charge in [0.25, 0.3) is 5.91 Å². The number of likely N-dealkylation sites (tertiary alicyclic amines) is 1. The number of Topliss-reactive ketones (excluding diaryl/α,β-unsaturated/α-hetero) is 1. The molecule has 1 saturated carbocycles. The van der Waals surface area contributed by atoms with E-state index in [1.54, 1.807) is 20.8 Å². The number of aromatic nitrogens is 2. The number of amides is 5. The van der Waals surface area contributed by atoms with Crippen LogP contribution in [0.3, 0.4) is 0 Å². The highest BCUT2D eigenvalue weighted by molar-refractivity contribution is 6.38. The zero-order chi connectivity index (χ0) is 37.2. The van der Waals surface area contributed by atoms with Gasteiger partial charge in [0, 0.05) is 26.6 Å². The van der Waals surface area contributed by atoms with E-state index in [4.69, 9.17) is 6.42 Å². The Kier molecular flexibility index (Phi) is 11.5. The van der Waals surface area contributed by atoms with Crippen molar-refractivity contribution in [2.75, 3.05) is 13.1 Å². The Labute approximate surface area is 288 Å². The van der Waals surface area contributed by atoms with Gasteiger partial charge in [0.05, 0.1) is 24.8 Å². The Balaban J connectivity index is 1.86. The number of hydrogen-bond acceptors (Lipinski definition) is 7. The number of carbonyl (C=O) groups excluding carboxylic acids is 5. The molecule has 14 heteroatoms. The molecule has 2 fully saturated rings. The highest BCUT2D eigenvalue weighted by Gasteiger charge is 2.70. The van der Waals surface area contributed by atoms with Gasteiger partial charge in [-0.15, -0.1) is 18.9 Å². The number of aryl methyl sites for hydroxylation is 1. The van der Waals surface area contributed by atoms with E-state index in [0.29, 0.717) is 0 Å². The van der Waals surface area contributed by atoms with Crippen LogP contribution < -0.4 is 27.0 Å². The number of ketones is 1. The third kappa shape index (κ3) is 8.55. The molecule has 49 heavy (non-hydrogen) atoms. The number of carbonyl (C=O) groups is 5. The number of nitrogens with one attached hydrogen (secondary N) is 4. The molecular weight excluding hydrogens is 630 g/mol. The topological polar surface area (TPSA) is 184 Å². The minimum absolute atomic E-state index is 0.0135. The van der Waals surface area contributed by atoms with Crippen molar-refractivity contribution in [3.05, 3.63) is 29.3 Å². The average molecular weight is 684 g/mol. The Morgan fingerprint density at radius 1 is 1.10 bits per heavy atom. The standard InChI is InChI=1S/C35H53N7O7/c1-12-14-15-21(26(44)29(46)36-16-13-2)37-28(45)25-24-20(35(24,9)10)17-42(25)30(47)27(34(6,7)8)39-31(48)38-22(33(3,4)5)18-41-23(43)19-40(11)32(41)49/h1,13,19-22,24-25,27,43H,2,14-18H2,3-11H3,(H,36,46)(H,37,45)(H2,38,39,48)/t20?,21?,22-,24?,25+,27-/m1/s1. The minimum Gasteiger partial charge on any atom is -0.493 e. The maximum absolute atomic E-state index is 14.4. The number of urea groups is 1. The number of rotatable bonds is 13. The predicted octanol–water partition coefficient (Wildman–Crippen LogP) is 1.27. The molecule has 0 bridgehead atoms. The summed E-state index contributed by atoms with van der Waals surface area (Å²) in [5.74, 6) is -0.766. The van der Waals surface area contributed by atoms with Crippen LogP contribution in [0.25, 0.3) is 0 Å². The molecule has 5 N–H and O–H groups in total. The van der Waals surface area contributed by atoms with Crippen molar-refractivity contribution in [2.45, 2.75) is 98.9 Å². The molecule has 1 saturated heterocycles. The fourth-order valence-electron chi connectivity index (χ4n) is 6.60. The van der Waals surface area contributed by atoms with Crippen LogP contribution in [-0.2, 0) is 32.8 Å². The predicted molar refractivity (Wildman–Crippen MR) is 184 cm³/mol. The first-order chi connectivity index (χ1) is 22.6. The third-order valence-electron chi connectivity index (χ3n) is 9.82. The van der Waals surface area contributed by atoms with Crippen LogP contribution >= 0.6 is 0 Å². The number of nitrogens with zero attached hydrogens (tertiary/aromatic N) is 3. The van der Waals surface area contributed by atoms with Crippen LogP contribution in [0.2, 0.25) is 0 Å². The van der Waals surface area contributed by atoms with Gasteiger partial charge in [-0.05, 0) is 34.5 Å². The van der Waals surface area contributed by atoms with Gasteiger partial charge < -0.3 is 31.3 Å². The molecule has 1 aromatic rings. The van der Waals surface area contributed by atoms with Crippen LogP contribution in [0, 0.1) is 40.4 Å². The molecule has 1 aliphatic heterocycles. The van der Waals surface area contributed by atoms with Crippen LogP contribution in [0.1, 0.15) is 68.2 Å². The van der Waals surface area contributed by atoms with Crippen LogP contribution in [-0.4, -0.2) is 85.9 Å². The normalized spacial score (nSPS) is 21.3. The molecule has 270 valence electrons. The van der Waals surface area contributed by atoms with Gasteiger partial charge in [0.2, 0.25) is 23.5 Å². The van der Waals surface area contributed by atoms with Gasteiger partial charge in [0.15, 0.2) is 0 Å². The van der Waals surface area contributed by atoms with Crippen LogP contribution in [0.4, 0.5) is 4.79 Å². The van der Waals surface area contributed by atoms with Crippen molar-refractivity contribution in [3.63, 3.8) is 0 Å². The molecule has 1 aromatic heterocycles. The summed E-state index contributed by atoms with van der Waals surface area (Å²) in [6, 6.07) is -4.50. The lowest BCUT2D eigenvalue weighted by Gasteiger charge is -2.38. The van der Waals surface area contributed by atoms with Gasteiger partial charge in [-0.2, -0.15) is 0 Å². The van der Waals surface area contributed by atoms with E-state index < -0.39 is 70.2 Å². The molecule has 6 atom stereocenters. The lowest BCUT2D eigenvalue weighted by molar-refractivity contribution is -0.145. The van der Waals surface area contributed by atoms with E-state index in [9.17, 15) is 33.9 Å². The smallest absolute Gasteiger partial charge is 0.330 e. The van der Waals surface area contributed by atoms with E-state index in [1.807, 2.05) is 34.6 Å². The first-order valence-corrected chi connectivity index (χ1v) is 16.6. The molecule has 5 amide bonds. The zero-order valence-corrected chi connectivity index (χ0v) is 30.2. The Bertz CT molecular complexity index is 1570. The first-order valence-electron chi connectivity index (χ1n) is 16.6. The highest BCUT2D eigenvalue weighted by atomic mass is 16.3. The zero-order valence-electron chi connectivity index (χ0n) is 30.2. The third-order valence-corrected chi connectivity index (χ3v) is 9.82. The van der Waals surface area contributed by atoms with Gasteiger partial charge in [-0.25, -0.2) is 9.59 Å². The second-order valence-corrected chi connectivity index (χ2v) is 15.9. The molecule has 3 unspecified atom stereocenters. The Morgan fingerprint density at radius 2 is 1.73 bits per heavy atom. The second kappa shape index (κ2) is 14.5. The maximum Gasteiger partial charge on any atom is 0.330 e. The number of fused-ring (bicyclic) bond motifs is 1. The van der Waals surface area contributed by atoms with Crippen LogP contribution in [0.15, 0.2) is 23.6 Å². The molecular formula is C35H53N7O7. The summed E-state index contributed by atoms with van der Waals surface area (Å²) >= 11 is 0. The molecule has 1 aliphatic carbocycles. The largest absolute Gasteiger partial charge is 0.493 e. The number of terminal acetylenes is 1. The summed E-state index contributed by atoms with van der Waals surface area (Å²) in [5, 5.41) is 21.2. The Hall–Kier alpha value is -4.54. The lowest BCUT2D eigenvalue weighted by Crippen LogP contribution is -2.62. The summed E-state index contributed by atoms with van der Waals surface area (Å²) in [5.41, 5.74) is -2.04. The second-order valence-electron chi connectivity index (χ2n) is 15.9.